The second-order valence-corrected chi connectivity index (χ2v) is 8.82. The highest BCUT2D eigenvalue weighted by molar-refractivity contribution is 7.84. The number of carbonyl (C=O) groups is 2. The molecule has 2 amide bonds. The number of fused-ring (bicyclic) bond motifs is 2. The third kappa shape index (κ3) is 3.13. The second kappa shape index (κ2) is 7.13. The van der Waals surface area contributed by atoms with Crippen molar-refractivity contribution in [2.45, 2.75) is 36.0 Å². The Balaban J connectivity index is 1.57. The van der Waals surface area contributed by atoms with Gasteiger partial charge in [-0.25, -0.2) is 4.39 Å². The lowest BCUT2D eigenvalue weighted by Gasteiger charge is -2.24. The van der Waals surface area contributed by atoms with Crippen LogP contribution in [0.1, 0.15) is 31.2 Å². The Bertz CT molecular complexity index is 968. The average Bonchev–Trinajstić information content (AvgIpc) is 3.28. The molecule has 7 heteroatoms. The van der Waals surface area contributed by atoms with E-state index in [4.69, 9.17) is 0 Å². The molecule has 1 saturated carbocycles. The van der Waals surface area contributed by atoms with Gasteiger partial charge < -0.3 is 10.2 Å². The van der Waals surface area contributed by atoms with Crippen molar-refractivity contribution >= 4 is 34.0 Å². The maximum Gasteiger partial charge on any atom is 0.316 e. The highest BCUT2D eigenvalue weighted by Gasteiger charge is 2.48. The molecule has 1 N–H and O–H groups in total. The topological polar surface area (TPSA) is 66.5 Å². The van der Waals surface area contributed by atoms with Crippen LogP contribution in [-0.2, 0) is 25.8 Å². The normalized spacial score (nSPS) is 18.1. The van der Waals surface area contributed by atoms with Crippen LogP contribution in [-0.4, -0.2) is 28.8 Å². The van der Waals surface area contributed by atoms with Crippen LogP contribution in [0.15, 0.2) is 47.4 Å². The Hall–Kier alpha value is -2.54. The third-order valence-corrected chi connectivity index (χ3v) is 6.65. The van der Waals surface area contributed by atoms with Crippen LogP contribution in [0, 0.1) is 5.82 Å². The molecule has 1 heterocycles. The predicted molar refractivity (Wildman–Crippen MR) is 106 cm³/mol. The summed E-state index contributed by atoms with van der Waals surface area (Å²) < 4.78 is 26.1. The summed E-state index contributed by atoms with van der Waals surface area (Å²) in [6.07, 6.45) is 5.20. The van der Waals surface area contributed by atoms with Crippen molar-refractivity contribution in [2.75, 3.05) is 23.0 Å². The van der Waals surface area contributed by atoms with E-state index in [0.717, 1.165) is 25.7 Å². The van der Waals surface area contributed by atoms with E-state index in [-0.39, 0.29) is 11.2 Å². The van der Waals surface area contributed by atoms with Gasteiger partial charge in [-0.05, 0) is 49.2 Å². The van der Waals surface area contributed by atoms with Crippen molar-refractivity contribution < 1.29 is 18.2 Å². The summed E-state index contributed by atoms with van der Waals surface area (Å²) in [7, 11) is -1.12. The fourth-order valence-corrected chi connectivity index (χ4v) is 4.93. The first-order valence-corrected chi connectivity index (χ1v) is 10.8. The van der Waals surface area contributed by atoms with Gasteiger partial charge in [0.05, 0.1) is 5.69 Å². The highest BCUT2D eigenvalue weighted by atomic mass is 32.2. The molecule has 1 fully saturated rings. The van der Waals surface area contributed by atoms with E-state index in [9.17, 15) is 18.2 Å². The number of nitrogens with one attached hydrogen (secondary N) is 1. The summed E-state index contributed by atoms with van der Waals surface area (Å²) in [5.41, 5.74) is 1.13. The number of carbonyl (C=O) groups excluding carboxylic acids is 2. The summed E-state index contributed by atoms with van der Waals surface area (Å²) in [5, 5.41) is 2.59. The van der Waals surface area contributed by atoms with Crippen LogP contribution in [0.25, 0.3) is 0 Å². The number of nitrogens with zero attached hydrogens (tertiary/aromatic N) is 1. The Labute approximate surface area is 165 Å². The van der Waals surface area contributed by atoms with E-state index in [1.54, 1.807) is 42.7 Å². The zero-order valence-electron chi connectivity index (χ0n) is 15.5. The fourth-order valence-electron chi connectivity index (χ4n) is 4.41. The SMILES string of the molecule is C[S@](=O)c1ccc(NC(=O)C(=O)N2CC3(CCCC3)c3c(F)cccc32)cc1. The van der Waals surface area contributed by atoms with Gasteiger partial charge in [0.25, 0.3) is 0 Å². The Kier molecular flexibility index (Phi) is 4.79. The van der Waals surface area contributed by atoms with E-state index < -0.39 is 22.6 Å². The summed E-state index contributed by atoms with van der Waals surface area (Å²) in [6, 6.07) is 11.2. The molecule has 28 heavy (non-hydrogen) atoms. The smallest absolute Gasteiger partial charge is 0.316 e. The van der Waals surface area contributed by atoms with Crippen LogP contribution in [0.2, 0.25) is 0 Å². The lowest BCUT2D eigenvalue weighted by Crippen LogP contribution is -2.41. The molecule has 2 aromatic rings. The molecule has 0 saturated heterocycles. The van der Waals surface area contributed by atoms with Gasteiger partial charge in [-0.1, -0.05) is 18.9 Å². The minimum Gasteiger partial charge on any atom is -0.318 e. The first kappa shape index (κ1) is 18.8. The van der Waals surface area contributed by atoms with Crippen molar-refractivity contribution in [3.05, 3.63) is 53.8 Å². The minimum absolute atomic E-state index is 0.307. The number of hydrogen-bond donors (Lipinski definition) is 1. The standard InChI is InChI=1S/C21H21FN2O3S/c1-28(27)15-9-7-14(8-10-15)23-19(25)20(26)24-13-21(11-2-3-12-21)18-16(22)5-4-6-17(18)24/h4-10H,2-3,11-13H2,1H3,(H,23,25)/t28-/m0/s1. The highest BCUT2D eigenvalue weighted by Crippen LogP contribution is 2.51. The van der Waals surface area contributed by atoms with Crippen LogP contribution in [0.3, 0.4) is 0 Å². The number of halogens is 1. The molecule has 146 valence electrons. The molecular formula is C21H21FN2O3S. The number of benzene rings is 2. The van der Waals surface area contributed by atoms with Crippen molar-refractivity contribution in [3.63, 3.8) is 0 Å². The molecule has 0 radical (unpaired) electrons. The summed E-state index contributed by atoms with van der Waals surface area (Å²) in [4.78, 5) is 27.5. The quantitative estimate of drug-likeness (QED) is 0.786. The van der Waals surface area contributed by atoms with Gasteiger partial charge >= 0.3 is 11.8 Å². The molecular weight excluding hydrogens is 379 g/mol. The first-order valence-electron chi connectivity index (χ1n) is 9.27. The van der Waals surface area contributed by atoms with E-state index in [1.807, 2.05) is 0 Å². The summed E-state index contributed by atoms with van der Waals surface area (Å²) >= 11 is 0. The molecule has 1 aliphatic heterocycles. The molecule has 1 atom stereocenters. The lowest BCUT2D eigenvalue weighted by molar-refractivity contribution is -0.134. The zero-order chi connectivity index (χ0) is 19.9. The summed E-state index contributed by atoms with van der Waals surface area (Å²) in [5.74, 6) is -1.77. The van der Waals surface area contributed by atoms with Crippen molar-refractivity contribution in [1.82, 2.24) is 0 Å². The predicted octanol–water partition coefficient (Wildman–Crippen LogP) is 3.36. The van der Waals surface area contributed by atoms with E-state index in [0.29, 0.717) is 28.4 Å². The van der Waals surface area contributed by atoms with E-state index in [2.05, 4.69) is 5.32 Å². The van der Waals surface area contributed by atoms with Gasteiger partial charge in [0.1, 0.15) is 5.82 Å². The number of hydrogen-bond acceptors (Lipinski definition) is 3. The molecule has 0 bridgehead atoms. The van der Waals surface area contributed by atoms with Gasteiger partial charge in [-0.2, -0.15) is 0 Å². The van der Waals surface area contributed by atoms with Crippen molar-refractivity contribution in [2.24, 2.45) is 0 Å². The van der Waals surface area contributed by atoms with E-state index >= 15 is 0 Å². The summed E-state index contributed by atoms with van der Waals surface area (Å²) in [6.45, 7) is 0.337. The maximum absolute atomic E-state index is 14.6. The van der Waals surface area contributed by atoms with Crippen LogP contribution in [0.4, 0.5) is 15.8 Å². The molecule has 4 rings (SSSR count). The van der Waals surface area contributed by atoms with Gasteiger partial charge in [-0.3, -0.25) is 13.8 Å². The van der Waals surface area contributed by atoms with Crippen molar-refractivity contribution in [1.29, 1.82) is 0 Å². The monoisotopic (exact) mass is 400 g/mol. The molecule has 5 nitrogen and oxygen atoms in total. The molecule has 0 unspecified atom stereocenters. The molecule has 2 aromatic carbocycles. The van der Waals surface area contributed by atoms with Gasteiger partial charge in [-0.15, -0.1) is 0 Å². The van der Waals surface area contributed by atoms with Gasteiger partial charge in [0.2, 0.25) is 0 Å². The maximum atomic E-state index is 14.6. The van der Waals surface area contributed by atoms with Crippen LogP contribution in [0.5, 0.6) is 0 Å². The molecule has 0 aromatic heterocycles. The Morgan fingerprint density at radius 3 is 2.43 bits per heavy atom. The fraction of sp³-hybridized carbons (Fsp3) is 0.333. The minimum atomic E-state index is -1.12. The molecule has 2 aliphatic rings. The number of amides is 2. The third-order valence-electron chi connectivity index (χ3n) is 5.72. The Morgan fingerprint density at radius 2 is 1.79 bits per heavy atom. The van der Waals surface area contributed by atoms with Crippen LogP contribution >= 0.6 is 0 Å². The van der Waals surface area contributed by atoms with Gasteiger partial charge in [0.15, 0.2) is 0 Å². The average molecular weight is 400 g/mol. The number of anilines is 2. The second-order valence-electron chi connectivity index (χ2n) is 7.45. The largest absolute Gasteiger partial charge is 0.318 e. The zero-order valence-corrected chi connectivity index (χ0v) is 16.4. The molecule has 1 aliphatic carbocycles. The molecule has 1 spiro atoms. The Morgan fingerprint density at radius 1 is 1.11 bits per heavy atom. The first-order chi connectivity index (χ1) is 13.4. The van der Waals surface area contributed by atoms with Gasteiger partial charge in [0, 0.05) is 45.2 Å². The number of rotatable bonds is 2. The van der Waals surface area contributed by atoms with Crippen molar-refractivity contribution in [3.8, 4) is 0 Å². The van der Waals surface area contributed by atoms with Crippen LogP contribution < -0.4 is 10.2 Å². The van der Waals surface area contributed by atoms with E-state index in [1.165, 1.54) is 11.0 Å². The lowest BCUT2D eigenvalue weighted by atomic mass is 9.80.